The quantitative estimate of drug-likeness (QED) is 0.620. The molecule has 7 heteroatoms. The summed E-state index contributed by atoms with van der Waals surface area (Å²) in [5, 5.41) is 3.98. The first kappa shape index (κ1) is 20.6. The van der Waals surface area contributed by atoms with Gasteiger partial charge in [0, 0.05) is 42.3 Å². The lowest BCUT2D eigenvalue weighted by Crippen LogP contribution is -2.36. The van der Waals surface area contributed by atoms with Gasteiger partial charge in [-0.3, -0.25) is 4.79 Å². The van der Waals surface area contributed by atoms with E-state index in [0.717, 1.165) is 35.7 Å². The maximum absolute atomic E-state index is 13.1. The van der Waals surface area contributed by atoms with E-state index in [0.29, 0.717) is 37.2 Å². The number of sulfonamides is 1. The van der Waals surface area contributed by atoms with E-state index in [-0.39, 0.29) is 10.8 Å². The summed E-state index contributed by atoms with van der Waals surface area (Å²) in [5.74, 6) is -0.134. The lowest BCUT2D eigenvalue weighted by Gasteiger charge is -2.26. The van der Waals surface area contributed by atoms with Crippen molar-refractivity contribution in [3.05, 3.63) is 59.8 Å². The molecule has 1 fully saturated rings. The predicted octanol–water partition coefficient (Wildman–Crippen LogP) is 4.22. The fourth-order valence-electron chi connectivity index (χ4n) is 4.01. The van der Waals surface area contributed by atoms with Crippen LogP contribution < -0.4 is 5.32 Å². The Hall–Kier alpha value is -2.64. The Morgan fingerprint density at radius 1 is 1.10 bits per heavy atom. The topological polar surface area (TPSA) is 82.3 Å². The van der Waals surface area contributed by atoms with Crippen molar-refractivity contribution < 1.29 is 13.2 Å². The SMILES string of the molecule is Cc1ccc(NC(=O)CCc2c[nH]c3ccccc23)cc1S(=O)(=O)N1CCCCC1. The van der Waals surface area contributed by atoms with Gasteiger partial charge in [0.2, 0.25) is 15.9 Å². The highest BCUT2D eigenvalue weighted by Gasteiger charge is 2.27. The Bertz CT molecular complexity index is 1160. The molecule has 3 aromatic rings. The number of para-hydroxylation sites is 1. The van der Waals surface area contributed by atoms with Crippen molar-refractivity contribution in [1.82, 2.24) is 9.29 Å². The summed E-state index contributed by atoms with van der Waals surface area (Å²) in [7, 11) is -3.55. The van der Waals surface area contributed by atoms with Gasteiger partial charge in [0.25, 0.3) is 0 Å². The van der Waals surface area contributed by atoms with Crippen LogP contribution in [0.1, 0.15) is 36.8 Å². The molecule has 1 amide bonds. The minimum atomic E-state index is -3.55. The minimum Gasteiger partial charge on any atom is -0.361 e. The summed E-state index contributed by atoms with van der Waals surface area (Å²) in [6, 6.07) is 13.1. The number of aromatic amines is 1. The van der Waals surface area contributed by atoms with Crippen LogP contribution in [0.2, 0.25) is 0 Å². The number of hydrogen-bond donors (Lipinski definition) is 2. The summed E-state index contributed by atoms with van der Waals surface area (Å²) >= 11 is 0. The molecule has 158 valence electrons. The number of H-pyrrole nitrogens is 1. The molecule has 1 aliphatic rings. The average molecular weight is 426 g/mol. The largest absolute Gasteiger partial charge is 0.361 e. The summed E-state index contributed by atoms with van der Waals surface area (Å²) in [6.07, 6.45) is 5.72. The van der Waals surface area contributed by atoms with E-state index < -0.39 is 10.0 Å². The standard InChI is InChI=1S/C23H27N3O3S/c1-17-9-11-19(15-22(17)30(28,29)26-13-5-2-6-14-26)25-23(27)12-10-18-16-24-21-8-4-3-7-20(18)21/h3-4,7-9,11,15-16,24H,2,5-6,10,12-14H2,1H3,(H,25,27). The summed E-state index contributed by atoms with van der Waals surface area (Å²) in [4.78, 5) is 16.0. The Labute approximate surface area is 177 Å². The van der Waals surface area contributed by atoms with Gasteiger partial charge in [-0.2, -0.15) is 4.31 Å². The number of rotatable bonds is 6. The number of aromatic nitrogens is 1. The van der Waals surface area contributed by atoms with Gasteiger partial charge in [-0.05, 0) is 55.5 Å². The van der Waals surface area contributed by atoms with Crippen LogP contribution in [0.25, 0.3) is 10.9 Å². The first-order chi connectivity index (χ1) is 14.4. The molecule has 1 aromatic heterocycles. The molecule has 0 bridgehead atoms. The molecular formula is C23H27N3O3S. The van der Waals surface area contributed by atoms with Gasteiger partial charge < -0.3 is 10.3 Å². The molecule has 0 spiro atoms. The van der Waals surface area contributed by atoms with Gasteiger partial charge >= 0.3 is 0 Å². The third-order valence-electron chi connectivity index (χ3n) is 5.70. The van der Waals surface area contributed by atoms with Crippen LogP contribution in [0.5, 0.6) is 0 Å². The smallest absolute Gasteiger partial charge is 0.243 e. The second-order valence-electron chi connectivity index (χ2n) is 7.85. The molecule has 4 rings (SSSR count). The van der Waals surface area contributed by atoms with Crippen LogP contribution in [-0.4, -0.2) is 36.7 Å². The second kappa shape index (κ2) is 8.62. The number of hydrogen-bond acceptors (Lipinski definition) is 3. The van der Waals surface area contributed by atoms with E-state index >= 15 is 0 Å². The van der Waals surface area contributed by atoms with Crippen molar-refractivity contribution in [2.75, 3.05) is 18.4 Å². The maximum Gasteiger partial charge on any atom is 0.243 e. The average Bonchev–Trinajstić information content (AvgIpc) is 3.17. The number of amides is 1. The molecule has 0 saturated carbocycles. The van der Waals surface area contributed by atoms with Crippen molar-refractivity contribution in [3.8, 4) is 0 Å². The molecule has 6 nitrogen and oxygen atoms in total. The number of piperidine rings is 1. The summed E-state index contributed by atoms with van der Waals surface area (Å²) < 4.78 is 27.7. The summed E-state index contributed by atoms with van der Waals surface area (Å²) in [6.45, 7) is 2.91. The fourth-order valence-corrected chi connectivity index (χ4v) is 5.78. The van der Waals surface area contributed by atoms with Gasteiger partial charge in [0.1, 0.15) is 0 Å². The van der Waals surface area contributed by atoms with Gasteiger partial charge in [0.15, 0.2) is 0 Å². The van der Waals surface area contributed by atoms with Crippen molar-refractivity contribution >= 4 is 32.5 Å². The van der Waals surface area contributed by atoms with E-state index in [9.17, 15) is 13.2 Å². The van der Waals surface area contributed by atoms with E-state index in [1.165, 1.54) is 0 Å². The molecule has 1 saturated heterocycles. The molecule has 0 radical (unpaired) electrons. The lowest BCUT2D eigenvalue weighted by molar-refractivity contribution is -0.116. The number of aryl methyl sites for hydroxylation is 2. The van der Waals surface area contributed by atoms with Gasteiger partial charge in [0.05, 0.1) is 4.90 Å². The zero-order valence-electron chi connectivity index (χ0n) is 17.1. The Morgan fingerprint density at radius 2 is 1.87 bits per heavy atom. The number of carbonyl (C=O) groups excluding carboxylic acids is 1. The number of anilines is 1. The third-order valence-corrected chi connectivity index (χ3v) is 7.74. The normalized spacial score (nSPS) is 15.4. The van der Waals surface area contributed by atoms with E-state index in [1.807, 2.05) is 30.5 Å². The predicted molar refractivity (Wildman–Crippen MR) is 119 cm³/mol. The number of benzene rings is 2. The van der Waals surface area contributed by atoms with Crippen molar-refractivity contribution in [3.63, 3.8) is 0 Å². The minimum absolute atomic E-state index is 0.134. The molecule has 30 heavy (non-hydrogen) atoms. The van der Waals surface area contributed by atoms with Crippen LogP contribution >= 0.6 is 0 Å². The van der Waals surface area contributed by atoms with Crippen molar-refractivity contribution in [2.45, 2.75) is 43.9 Å². The molecule has 0 atom stereocenters. The van der Waals surface area contributed by atoms with E-state index in [4.69, 9.17) is 0 Å². The van der Waals surface area contributed by atoms with Crippen molar-refractivity contribution in [2.24, 2.45) is 0 Å². The fraction of sp³-hybridized carbons (Fsp3) is 0.348. The highest BCUT2D eigenvalue weighted by Crippen LogP contribution is 2.26. The zero-order valence-corrected chi connectivity index (χ0v) is 18.0. The van der Waals surface area contributed by atoms with Crippen LogP contribution in [0.15, 0.2) is 53.6 Å². The van der Waals surface area contributed by atoms with E-state index in [1.54, 1.807) is 29.4 Å². The monoisotopic (exact) mass is 425 g/mol. The zero-order chi connectivity index (χ0) is 21.1. The number of nitrogens with one attached hydrogen (secondary N) is 2. The number of fused-ring (bicyclic) bond motifs is 1. The van der Waals surface area contributed by atoms with Gasteiger partial charge in [-0.25, -0.2) is 8.42 Å². The Balaban J connectivity index is 1.45. The molecule has 0 aliphatic carbocycles. The third kappa shape index (κ3) is 4.27. The second-order valence-corrected chi connectivity index (χ2v) is 9.76. The number of nitrogens with zero attached hydrogens (tertiary/aromatic N) is 1. The lowest BCUT2D eigenvalue weighted by atomic mass is 10.1. The molecule has 2 heterocycles. The van der Waals surface area contributed by atoms with Crippen molar-refractivity contribution in [1.29, 1.82) is 0 Å². The summed E-state index contributed by atoms with van der Waals surface area (Å²) in [5.41, 5.74) is 3.36. The van der Waals surface area contributed by atoms with Crippen LogP contribution in [0.3, 0.4) is 0 Å². The Morgan fingerprint density at radius 3 is 2.67 bits per heavy atom. The molecule has 0 unspecified atom stereocenters. The maximum atomic E-state index is 13.1. The van der Waals surface area contributed by atoms with Crippen LogP contribution in [-0.2, 0) is 21.2 Å². The molecule has 2 N–H and O–H groups in total. The highest BCUT2D eigenvalue weighted by molar-refractivity contribution is 7.89. The first-order valence-corrected chi connectivity index (χ1v) is 11.8. The van der Waals surface area contributed by atoms with Gasteiger partial charge in [-0.1, -0.05) is 30.7 Å². The van der Waals surface area contributed by atoms with Gasteiger partial charge in [-0.15, -0.1) is 0 Å². The highest BCUT2D eigenvalue weighted by atomic mass is 32.2. The molecule has 1 aliphatic heterocycles. The number of carbonyl (C=O) groups is 1. The van der Waals surface area contributed by atoms with E-state index in [2.05, 4.69) is 10.3 Å². The van der Waals surface area contributed by atoms with Crippen LogP contribution in [0, 0.1) is 6.92 Å². The molecular weight excluding hydrogens is 398 g/mol. The first-order valence-electron chi connectivity index (χ1n) is 10.4. The van der Waals surface area contributed by atoms with Crippen LogP contribution in [0.4, 0.5) is 5.69 Å². The molecule has 2 aromatic carbocycles. The Kier molecular flexibility index (Phi) is 5.92.